The van der Waals surface area contributed by atoms with Gasteiger partial charge in [0.15, 0.2) is 0 Å². The quantitative estimate of drug-likeness (QED) is 0.893. The molecule has 0 bridgehead atoms. The smallest absolute Gasteiger partial charge is 0.147 e. The lowest BCUT2D eigenvalue weighted by Gasteiger charge is -2.27. The molecule has 5 nitrogen and oxygen atoms in total. The maximum Gasteiger partial charge on any atom is 0.147 e. The minimum atomic E-state index is 0.378. The van der Waals surface area contributed by atoms with Crippen molar-refractivity contribution in [2.24, 2.45) is 0 Å². The number of ether oxygens (including phenoxy) is 1. The zero-order chi connectivity index (χ0) is 13.4. The van der Waals surface area contributed by atoms with Crippen LogP contribution in [0.25, 0.3) is 0 Å². The van der Waals surface area contributed by atoms with E-state index in [9.17, 15) is 0 Å². The molecular formula is C13H24N4O. The Labute approximate surface area is 110 Å². The SMILES string of the molecule is CC.CC(C)Nc1cnc(N2CCOCC2)cn1. The molecule has 18 heavy (non-hydrogen) atoms. The van der Waals surface area contributed by atoms with Crippen molar-refractivity contribution in [1.82, 2.24) is 9.97 Å². The average molecular weight is 252 g/mol. The van der Waals surface area contributed by atoms with Crippen LogP contribution in [-0.2, 0) is 4.74 Å². The van der Waals surface area contributed by atoms with Crippen LogP contribution < -0.4 is 10.2 Å². The van der Waals surface area contributed by atoms with Crippen LogP contribution in [-0.4, -0.2) is 42.3 Å². The van der Waals surface area contributed by atoms with E-state index in [-0.39, 0.29) is 0 Å². The van der Waals surface area contributed by atoms with Crippen LogP contribution in [0.2, 0.25) is 0 Å². The molecule has 0 radical (unpaired) electrons. The molecular weight excluding hydrogens is 228 g/mol. The molecule has 5 heteroatoms. The summed E-state index contributed by atoms with van der Waals surface area (Å²) >= 11 is 0. The van der Waals surface area contributed by atoms with Crippen molar-refractivity contribution in [2.45, 2.75) is 33.7 Å². The van der Waals surface area contributed by atoms with Crippen LogP contribution in [0.4, 0.5) is 11.6 Å². The fourth-order valence-corrected chi connectivity index (χ4v) is 1.65. The normalized spacial score (nSPS) is 15.1. The molecule has 0 unspecified atom stereocenters. The van der Waals surface area contributed by atoms with Gasteiger partial charge in [0.25, 0.3) is 0 Å². The standard InChI is InChI=1S/C11H18N4O.C2H6/c1-9(2)14-10-7-13-11(8-12-10)15-3-5-16-6-4-15;1-2/h7-9H,3-6H2,1-2H3,(H,12,14);1-2H3. The number of hydrogen-bond donors (Lipinski definition) is 1. The molecule has 1 N–H and O–H groups in total. The Morgan fingerprint density at radius 2 is 1.83 bits per heavy atom. The largest absolute Gasteiger partial charge is 0.378 e. The molecule has 1 fully saturated rings. The Kier molecular flexibility index (Phi) is 6.43. The first-order chi connectivity index (χ1) is 8.75. The summed E-state index contributed by atoms with van der Waals surface area (Å²) in [6, 6.07) is 0.378. The minimum Gasteiger partial charge on any atom is -0.378 e. The molecule has 102 valence electrons. The van der Waals surface area contributed by atoms with E-state index in [1.54, 1.807) is 6.20 Å². The van der Waals surface area contributed by atoms with E-state index in [1.807, 2.05) is 20.0 Å². The van der Waals surface area contributed by atoms with E-state index < -0.39 is 0 Å². The molecule has 1 aliphatic heterocycles. The number of hydrogen-bond acceptors (Lipinski definition) is 5. The van der Waals surface area contributed by atoms with Gasteiger partial charge in [0, 0.05) is 19.1 Å². The molecule has 2 rings (SSSR count). The monoisotopic (exact) mass is 252 g/mol. The summed E-state index contributed by atoms with van der Waals surface area (Å²) in [6.07, 6.45) is 3.60. The predicted octanol–water partition coefficient (Wildman–Crippen LogP) is 2.16. The molecule has 0 amide bonds. The summed E-state index contributed by atoms with van der Waals surface area (Å²) < 4.78 is 5.30. The molecule has 0 aliphatic carbocycles. The molecule has 1 aromatic rings. The van der Waals surface area contributed by atoms with Crippen LogP contribution in [0.15, 0.2) is 12.4 Å². The van der Waals surface area contributed by atoms with Crippen molar-refractivity contribution in [3.8, 4) is 0 Å². The topological polar surface area (TPSA) is 50.3 Å². The highest BCUT2D eigenvalue weighted by Gasteiger charge is 2.12. The predicted molar refractivity (Wildman–Crippen MR) is 75.2 cm³/mol. The van der Waals surface area contributed by atoms with Gasteiger partial charge in [0.05, 0.1) is 25.6 Å². The minimum absolute atomic E-state index is 0.378. The third kappa shape index (κ3) is 4.49. The summed E-state index contributed by atoms with van der Waals surface area (Å²) in [5.74, 6) is 1.75. The zero-order valence-corrected chi connectivity index (χ0v) is 11.8. The molecule has 2 heterocycles. The molecule has 1 aromatic heterocycles. The van der Waals surface area contributed by atoms with Crippen LogP contribution in [0.1, 0.15) is 27.7 Å². The van der Waals surface area contributed by atoms with Crippen molar-refractivity contribution >= 4 is 11.6 Å². The van der Waals surface area contributed by atoms with Crippen molar-refractivity contribution in [3.05, 3.63) is 12.4 Å². The van der Waals surface area contributed by atoms with Crippen molar-refractivity contribution in [1.29, 1.82) is 0 Å². The lowest BCUT2D eigenvalue weighted by atomic mass is 10.4. The van der Waals surface area contributed by atoms with E-state index in [2.05, 4.69) is 34.0 Å². The second-order valence-electron chi connectivity index (χ2n) is 4.16. The van der Waals surface area contributed by atoms with Gasteiger partial charge in [-0.2, -0.15) is 0 Å². The van der Waals surface area contributed by atoms with Gasteiger partial charge < -0.3 is 15.0 Å². The molecule has 1 aliphatic rings. The number of anilines is 2. The van der Waals surface area contributed by atoms with Gasteiger partial charge in [-0.05, 0) is 13.8 Å². The first-order valence-electron chi connectivity index (χ1n) is 6.67. The molecule has 0 atom stereocenters. The highest BCUT2D eigenvalue weighted by atomic mass is 16.5. The average Bonchev–Trinajstić information content (AvgIpc) is 2.42. The summed E-state index contributed by atoms with van der Waals surface area (Å²) in [4.78, 5) is 10.9. The third-order valence-corrected chi connectivity index (χ3v) is 2.41. The van der Waals surface area contributed by atoms with Gasteiger partial charge in [0.1, 0.15) is 11.6 Å². The Hall–Kier alpha value is -1.36. The third-order valence-electron chi connectivity index (χ3n) is 2.41. The number of rotatable bonds is 3. The molecule has 1 saturated heterocycles. The molecule has 0 aromatic carbocycles. The van der Waals surface area contributed by atoms with Gasteiger partial charge in [-0.15, -0.1) is 0 Å². The number of nitrogens with zero attached hydrogens (tertiary/aromatic N) is 3. The van der Waals surface area contributed by atoms with E-state index in [0.717, 1.165) is 37.9 Å². The van der Waals surface area contributed by atoms with Crippen molar-refractivity contribution in [2.75, 3.05) is 36.5 Å². The zero-order valence-electron chi connectivity index (χ0n) is 11.8. The fourth-order valence-electron chi connectivity index (χ4n) is 1.65. The Morgan fingerprint density at radius 1 is 1.17 bits per heavy atom. The Bertz CT molecular complexity index is 320. The van der Waals surface area contributed by atoms with Crippen LogP contribution in [0.5, 0.6) is 0 Å². The maximum atomic E-state index is 5.30. The van der Waals surface area contributed by atoms with Crippen molar-refractivity contribution in [3.63, 3.8) is 0 Å². The molecule has 0 spiro atoms. The summed E-state index contributed by atoms with van der Waals surface area (Å²) in [6.45, 7) is 11.5. The summed E-state index contributed by atoms with van der Waals surface area (Å²) in [5.41, 5.74) is 0. The first-order valence-corrected chi connectivity index (χ1v) is 6.67. The van der Waals surface area contributed by atoms with Gasteiger partial charge in [-0.3, -0.25) is 0 Å². The van der Waals surface area contributed by atoms with Crippen LogP contribution in [0.3, 0.4) is 0 Å². The van der Waals surface area contributed by atoms with Gasteiger partial charge in [-0.25, -0.2) is 9.97 Å². The summed E-state index contributed by atoms with van der Waals surface area (Å²) in [5, 5.41) is 3.22. The van der Waals surface area contributed by atoms with Crippen LogP contribution >= 0.6 is 0 Å². The highest BCUT2D eigenvalue weighted by molar-refractivity contribution is 5.41. The second-order valence-corrected chi connectivity index (χ2v) is 4.16. The Morgan fingerprint density at radius 3 is 2.33 bits per heavy atom. The van der Waals surface area contributed by atoms with Crippen LogP contribution in [0, 0.1) is 0 Å². The van der Waals surface area contributed by atoms with Gasteiger partial charge >= 0.3 is 0 Å². The summed E-state index contributed by atoms with van der Waals surface area (Å²) in [7, 11) is 0. The molecule has 0 saturated carbocycles. The van der Waals surface area contributed by atoms with E-state index >= 15 is 0 Å². The number of nitrogens with one attached hydrogen (secondary N) is 1. The lowest BCUT2D eigenvalue weighted by molar-refractivity contribution is 0.122. The maximum absolute atomic E-state index is 5.30. The van der Waals surface area contributed by atoms with E-state index in [4.69, 9.17) is 4.74 Å². The van der Waals surface area contributed by atoms with E-state index in [1.165, 1.54) is 0 Å². The number of aromatic nitrogens is 2. The van der Waals surface area contributed by atoms with Crippen molar-refractivity contribution < 1.29 is 4.74 Å². The Balaban J connectivity index is 0.000000771. The number of morpholine rings is 1. The van der Waals surface area contributed by atoms with E-state index in [0.29, 0.717) is 6.04 Å². The fraction of sp³-hybridized carbons (Fsp3) is 0.692. The highest BCUT2D eigenvalue weighted by Crippen LogP contribution is 2.12. The first kappa shape index (κ1) is 14.7. The second kappa shape index (κ2) is 7.87. The lowest BCUT2D eigenvalue weighted by Crippen LogP contribution is -2.36. The van der Waals surface area contributed by atoms with Gasteiger partial charge in [-0.1, -0.05) is 13.8 Å². The van der Waals surface area contributed by atoms with Gasteiger partial charge in [0.2, 0.25) is 0 Å².